The van der Waals surface area contributed by atoms with Crippen molar-refractivity contribution in [1.82, 2.24) is 15.3 Å². The van der Waals surface area contributed by atoms with E-state index >= 15 is 0 Å². The molecule has 1 aliphatic rings. The number of ether oxygens (including phenoxy) is 1. The highest BCUT2D eigenvalue weighted by Crippen LogP contribution is 2.23. The van der Waals surface area contributed by atoms with Gasteiger partial charge in [-0.3, -0.25) is 0 Å². The molecule has 0 bridgehead atoms. The van der Waals surface area contributed by atoms with Crippen molar-refractivity contribution >= 4 is 11.0 Å². The van der Waals surface area contributed by atoms with Gasteiger partial charge in [0, 0.05) is 24.2 Å². The van der Waals surface area contributed by atoms with Gasteiger partial charge in [-0.2, -0.15) is 0 Å². The first kappa shape index (κ1) is 16.0. The van der Waals surface area contributed by atoms with E-state index in [0.717, 1.165) is 12.8 Å². The highest BCUT2D eigenvalue weighted by atomic mass is 19.1. The van der Waals surface area contributed by atoms with E-state index in [0.29, 0.717) is 28.9 Å². The molecule has 3 rings (SSSR count). The smallest absolute Gasteiger partial charge is 0.232 e. The van der Waals surface area contributed by atoms with E-state index < -0.39 is 6.10 Å². The highest BCUT2D eigenvalue weighted by Gasteiger charge is 2.27. The largest absolute Gasteiger partial charge is 0.480 e. The minimum Gasteiger partial charge on any atom is -0.480 e. The van der Waals surface area contributed by atoms with Gasteiger partial charge in [0.1, 0.15) is 11.3 Å². The first-order valence-corrected chi connectivity index (χ1v) is 7.73. The van der Waals surface area contributed by atoms with E-state index in [1.807, 2.05) is 0 Å². The average molecular weight is 320 g/mol. The number of fused-ring (bicyclic) bond motifs is 1. The molecule has 7 heteroatoms. The summed E-state index contributed by atoms with van der Waals surface area (Å²) >= 11 is 0. The van der Waals surface area contributed by atoms with Crippen LogP contribution < -0.4 is 15.8 Å². The fourth-order valence-corrected chi connectivity index (χ4v) is 3.01. The number of nitrogens with two attached hydrogens (primary N) is 1. The second-order valence-corrected chi connectivity index (χ2v) is 5.93. The third kappa shape index (κ3) is 3.41. The number of nitrogens with one attached hydrogen (secondary N) is 1. The lowest BCUT2D eigenvalue weighted by Crippen LogP contribution is -2.47. The number of benzene rings is 1. The van der Waals surface area contributed by atoms with Crippen LogP contribution in [0.4, 0.5) is 4.39 Å². The number of methoxy groups -OCH3 is 1. The van der Waals surface area contributed by atoms with Gasteiger partial charge in [-0.1, -0.05) is 0 Å². The summed E-state index contributed by atoms with van der Waals surface area (Å²) in [4.78, 5) is 8.53. The molecule has 1 heterocycles. The maximum Gasteiger partial charge on any atom is 0.232 e. The van der Waals surface area contributed by atoms with Crippen LogP contribution in [0.1, 0.15) is 24.8 Å². The van der Waals surface area contributed by atoms with Crippen LogP contribution in [0.15, 0.2) is 18.3 Å². The number of halogens is 1. The number of aliphatic hydroxyl groups excluding tert-OH is 1. The van der Waals surface area contributed by atoms with Gasteiger partial charge in [0.2, 0.25) is 5.88 Å². The molecule has 0 unspecified atom stereocenters. The maximum absolute atomic E-state index is 14.2. The molecule has 1 fully saturated rings. The highest BCUT2D eigenvalue weighted by molar-refractivity contribution is 5.78. The van der Waals surface area contributed by atoms with Gasteiger partial charge in [0.15, 0.2) is 0 Å². The topological polar surface area (TPSA) is 93.3 Å². The Hall–Kier alpha value is -1.83. The standard InChI is InChI=1S/C16H21FN4O2/c1-23-15-8-20-13-5-3-11(17)10(16(13)21-15)7-19-12-4-2-9(18)6-14(12)22/h3,5,8-9,12,14,19,22H,2,4,6-7,18H2,1H3/t9-,12-,14+/m1/s1. The van der Waals surface area contributed by atoms with E-state index in [4.69, 9.17) is 10.5 Å². The summed E-state index contributed by atoms with van der Waals surface area (Å²) in [6.07, 6.45) is 3.16. The van der Waals surface area contributed by atoms with Crippen molar-refractivity contribution in [2.24, 2.45) is 5.73 Å². The predicted molar refractivity (Wildman–Crippen MR) is 84.5 cm³/mol. The monoisotopic (exact) mass is 320 g/mol. The minimum absolute atomic E-state index is 0.0347. The van der Waals surface area contributed by atoms with Gasteiger partial charge < -0.3 is 20.9 Å². The average Bonchev–Trinajstić information content (AvgIpc) is 2.55. The molecule has 2 aromatic rings. The Labute approximate surface area is 133 Å². The van der Waals surface area contributed by atoms with Crippen molar-refractivity contribution in [3.05, 3.63) is 29.7 Å². The zero-order valence-corrected chi connectivity index (χ0v) is 13.0. The van der Waals surface area contributed by atoms with E-state index in [1.165, 1.54) is 19.4 Å². The number of hydrogen-bond donors (Lipinski definition) is 3. The molecule has 3 atom stereocenters. The molecule has 0 amide bonds. The number of rotatable bonds is 4. The summed E-state index contributed by atoms with van der Waals surface area (Å²) < 4.78 is 19.3. The molecule has 6 nitrogen and oxygen atoms in total. The van der Waals surface area contributed by atoms with E-state index in [9.17, 15) is 9.50 Å². The summed E-state index contributed by atoms with van der Waals surface area (Å²) in [5, 5.41) is 13.3. The molecule has 23 heavy (non-hydrogen) atoms. The second-order valence-electron chi connectivity index (χ2n) is 5.93. The molecule has 124 valence electrons. The van der Waals surface area contributed by atoms with Crippen molar-refractivity contribution in [2.45, 2.75) is 44.0 Å². The van der Waals surface area contributed by atoms with Crippen LogP contribution in [0.2, 0.25) is 0 Å². The van der Waals surface area contributed by atoms with Gasteiger partial charge >= 0.3 is 0 Å². The van der Waals surface area contributed by atoms with Gasteiger partial charge in [-0.15, -0.1) is 0 Å². The van der Waals surface area contributed by atoms with Crippen molar-refractivity contribution < 1.29 is 14.2 Å². The number of aromatic nitrogens is 2. The summed E-state index contributed by atoms with van der Waals surface area (Å²) in [7, 11) is 1.49. The molecule has 0 spiro atoms. The number of hydrogen-bond acceptors (Lipinski definition) is 6. The van der Waals surface area contributed by atoms with Crippen molar-refractivity contribution in [3.63, 3.8) is 0 Å². The SMILES string of the molecule is COc1cnc2ccc(F)c(CN[C@@H]3CC[C@@H](N)C[C@@H]3O)c2n1. The summed E-state index contributed by atoms with van der Waals surface area (Å²) in [6, 6.07) is 2.92. The van der Waals surface area contributed by atoms with Crippen molar-refractivity contribution in [1.29, 1.82) is 0 Å². The zero-order chi connectivity index (χ0) is 16.4. The van der Waals surface area contributed by atoms with Crippen molar-refractivity contribution in [2.75, 3.05) is 7.11 Å². The van der Waals surface area contributed by atoms with Gasteiger partial charge in [0.25, 0.3) is 0 Å². The van der Waals surface area contributed by atoms with Crippen LogP contribution in [0.25, 0.3) is 11.0 Å². The molecule has 0 aliphatic heterocycles. The van der Waals surface area contributed by atoms with Gasteiger partial charge in [-0.25, -0.2) is 14.4 Å². The molecule has 1 aliphatic carbocycles. The second kappa shape index (κ2) is 6.74. The fourth-order valence-electron chi connectivity index (χ4n) is 3.01. The lowest BCUT2D eigenvalue weighted by atomic mass is 9.89. The molecule has 1 saturated carbocycles. The van der Waals surface area contributed by atoms with Crippen LogP contribution in [0, 0.1) is 5.82 Å². The molecule has 0 saturated heterocycles. The van der Waals surface area contributed by atoms with Gasteiger partial charge in [-0.05, 0) is 31.4 Å². The molecular weight excluding hydrogens is 299 g/mol. The summed E-state index contributed by atoms with van der Waals surface area (Å²) in [5.41, 5.74) is 7.35. The Bertz CT molecular complexity index is 697. The Kier molecular flexibility index (Phi) is 4.70. The molecule has 0 radical (unpaired) electrons. The normalized spacial score (nSPS) is 24.8. The number of aliphatic hydroxyl groups is 1. The van der Waals surface area contributed by atoms with E-state index in [1.54, 1.807) is 6.07 Å². The quantitative estimate of drug-likeness (QED) is 0.781. The number of nitrogens with zero attached hydrogens (tertiary/aromatic N) is 2. The summed E-state index contributed by atoms with van der Waals surface area (Å²) in [6.45, 7) is 0.266. The first-order valence-electron chi connectivity index (χ1n) is 7.73. The fraction of sp³-hybridized carbons (Fsp3) is 0.500. The lowest BCUT2D eigenvalue weighted by Gasteiger charge is -2.32. The Balaban J connectivity index is 1.83. The van der Waals surface area contributed by atoms with Crippen LogP contribution in [-0.2, 0) is 6.54 Å². The Morgan fingerprint density at radius 1 is 1.43 bits per heavy atom. The molecule has 4 N–H and O–H groups in total. The Morgan fingerprint density at radius 2 is 2.26 bits per heavy atom. The lowest BCUT2D eigenvalue weighted by molar-refractivity contribution is 0.0817. The first-order chi connectivity index (χ1) is 11.1. The van der Waals surface area contributed by atoms with Crippen LogP contribution in [0.3, 0.4) is 0 Å². The summed E-state index contributed by atoms with van der Waals surface area (Å²) in [5.74, 6) is -0.0115. The van der Waals surface area contributed by atoms with Crippen molar-refractivity contribution in [3.8, 4) is 5.88 Å². The molecule has 1 aromatic heterocycles. The minimum atomic E-state index is -0.516. The van der Waals surface area contributed by atoms with Crippen LogP contribution in [-0.4, -0.2) is 40.4 Å². The zero-order valence-electron chi connectivity index (χ0n) is 13.0. The predicted octanol–water partition coefficient (Wildman–Crippen LogP) is 1.11. The third-order valence-electron chi connectivity index (χ3n) is 4.35. The van der Waals surface area contributed by atoms with Crippen LogP contribution >= 0.6 is 0 Å². The van der Waals surface area contributed by atoms with E-state index in [-0.39, 0.29) is 24.4 Å². The van der Waals surface area contributed by atoms with Crippen LogP contribution in [0.5, 0.6) is 5.88 Å². The molecule has 1 aromatic carbocycles. The Morgan fingerprint density at radius 3 is 3.00 bits per heavy atom. The molecular formula is C16H21FN4O2. The van der Waals surface area contributed by atoms with E-state index in [2.05, 4.69) is 15.3 Å². The maximum atomic E-state index is 14.2. The third-order valence-corrected chi connectivity index (χ3v) is 4.35. The van der Waals surface area contributed by atoms with Gasteiger partial charge in [0.05, 0.1) is 24.9 Å².